The van der Waals surface area contributed by atoms with E-state index in [0.29, 0.717) is 11.6 Å². The number of nitrogens with zero attached hydrogens (tertiary/aromatic N) is 1. The number of halogens is 1. The van der Waals surface area contributed by atoms with Crippen molar-refractivity contribution >= 4 is 29.3 Å². The summed E-state index contributed by atoms with van der Waals surface area (Å²) < 4.78 is 24.0. The summed E-state index contributed by atoms with van der Waals surface area (Å²) in [5.74, 6) is 0.225. The fourth-order valence-electron chi connectivity index (χ4n) is 2.53. The summed E-state index contributed by atoms with van der Waals surface area (Å²) in [5, 5.41) is 1.90. The molecular formula is C21H14FNO3S. The highest BCUT2D eigenvalue weighted by Gasteiger charge is 2.24. The van der Waals surface area contributed by atoms with Crippen LogP contribution in [0, 0.1) is 5.82 Å². The minimum atomic E-state index is -0.468. The van der Waals surface area contributed by atoms with E-state index in [0.717, 1.165) is 16.0 Å². The van der Waals surface area contributed by atoms with E-state index >= 15 is 0 Å². The average Bonchev–Trinajstić information content (AvgIpc) is 3.32. The van der Waals surface area contributed by atoms with E-state index in [2.05, 4.69) is 4.99 Å². The number of aliphatic imine (C=N–C) groups is 1. The Kier molecular flexibility index (Phi) is 4.80. The van der Waals surface area contributed by atoms with Crippen LogP contribution < -0.4 is 4.74 Å². The molecule has 0 amide bonds. The first-order chi connectivity index (χ1) is 13.2. The van der Waals surface area contributed by atoms with Gasteiger partial charge in [0.25, 0.3) is 0 Å². The smallest absolute Gasteiger partial charge is 0.363 e. The first kappa shape index (κ1) is 17.2. The molecule has 0 radical (unpaired) electrons. The van der Waals surface area contributed by atoms with Crippen LogP contribution in [0.3, 0.4) is 0 Å². The number of hydrogen-bond acceptors (Lipinski definition) is 5. The normalized spacial score (nSPS) is 14.9. The number of rotatable bonds is 5. The number of cyclic esters (lactones) is 1. The largest absolute Gasteiger partial charge is 0.489 e. The highest BCUT2D eigenvalue weighted by Crippen LogP contribution is 2.22. The molecule has 27 heavy (non-hydrogen) atoms. The van der Waals surface area contributed by atoms with Crippen LogP contribution in [-0.4, -0.2) is 11.9 Å². The van der Waals surface area contributed by atoms with Gasteiger partial charge in [-0.05, 0) is 52.9 Å². The third-order valence-electron chi connectivity index (χ3n) is 3.83. The summed E-state index contributed by atoms with van der Waals surface area (Å²) in [4.78, 5) is 17.1. The molecule has 0 spiro atoms. The summed E-state index contributed by atoms with van der Waals surface area (Å²) >= 11 is 1.46. The quantitative estimate of drug-likeness (QED) is 0.472. The second-order valence-electron chi connectivity index (χ2n) is 5.80. The molecule has 0 atom stereocenters. The van der Waals surface area contributed by atoms with Gasteiger partial charge in [0.05, 0.1) is 4.88 Å². The van der Waals surface area contributed by atoms with Crippen molar-refractivity contribution in [1.29, 1.82) is 0 Å². The molecule has 0 saturated carbocycles. The van der Waals surface area contributed by atoms with Crippen molar-refractivity contribution in [3.05, 3.63) is 93.6 Å². The van der Waals surface area contributed by atoms with E-state index in [-0.39, 0.29) is 18.1 Å². The fraction of sp³-hybridized carbons (Fsp3) is 0.0476. The topological polar surface area (TPSA) is 47.9 Å². The third kappa shape index (κ3) is 4.12. The molecule has 1 aliphatic heterocycles. The lowest BCUT2D eigenvalue weighted by Crippen LogP contribution is -2.03. The van der Waals surface area contributed by atoms with Crippen LogP contribution in [0.2, 0.25) is 0 Å². The Labute approximate surface area is 159 Å². The second-order valence-corrected chi connectivity index (χ2v) is 6.75. The molecule has 3 aromatic rings. The van der Waals surface area contributed by atoms with Crippen LogP contribution in [0.1, 0.15) is 16.0 Å². The SMILES string of the molecule is O=C1OC(c2cccs2)=N/C1=C\c1ccc(OCc2cccc(F)c2)cc1. The van der Waals surface area contributed by atoms with Gasteiger partial charge >= 0.3 is 5.97 Å². The maximum atomic E-state index is 13.2. The summed E-state index contributed by atoms with van der Waals surface area (Å²) in [7, 11) is 0. The molecule has 134 valence electrons. The standard InChI is InChI=1S/C21H14FNO3S/c22-16-4-1-3-15(11-16)13-25-17-8-6-14(7-9-17)12-18-21(24)26-20(23-18)19-5-2-10-27-19/h1-12H,13H2/b18-12-. The predicted octanol–water partition coefficient (Wildman–Crippen LogP) is 4.81. The minimum Gasteiger partial charge on any atom is -0.489 e. The zero-order valence-electron chi connectivity index (χ0n) is 14.1. The molecule has 0 aliphatic carbocycles. The van der Waals surface area contributed by atoms with Crippen LogP contribution >= 0.6 is 11.3 Å². The van der Waals surface area contributed by atoms with Crippen LogP contribution in [0.25, 0.3) is 6.08 Å². The number of thiophene rings is 1. The summed E-state index contributed by atoms with van der Waals surface area (Å²) in [5.41, 5.74) is 1.81. The lowest BCUT2D eigenvalue weighted by molar-refractivity contribution is -0.129. The molecule has 0 bridgehead atoms. The highest BCUT2D eigenvalue weighted by molar-refractivity contribution is 7.12. The number of ether oxygens (including phenoxy) is 2. The lowest BCUT2D eigenvalue weighted by Gasteiger charge is -2.06. The van der Waals surface area contributed by atoms with Crippen LogP contribution in [0.15, 0.2) is 76.7 Å². The molecule has 0 fully saturated rings. The van der Waals surface area contributed by atoms with Gasteiger partial charge in [0.1, 0.15) is 18.2 Å². The van der Waals surface area contributed by atoms with Crippen LogP contribution in [0.5, 0.6) is 5.75 Å². The molecule has 1 aliphatic rings. The zero-order valence-corrected chi connectivity index (χ0v) is 14.9. The average molecular weight is 379 g/mol. The van der Waals surface area contributed by atoms with Crippen LogP contribution in [-0.2, 0) is 16.1 Å². The van der Waals surface area contributed by atoms with Crippen molar-refractivity contribution in [2.24, 2.45) is 4.99 Å². The van der Waals surface area contributed by atoms with Gasteiger partial charge in [-0.1, -0.05) is 30.3 Å². The lowest BCUT2D eigenvalue weighted by atomic mass is 10.2. The van der Waals surface area contributed by atoms with Crippen molar-refractivity contribution in [2.45, 2.75) is 6.61 Å². The molecule has 0 unspecified atom stereocenters. The van der Waals surface area contributed by atoms with Crippen molar-refractivity contribution in [1.82, 2.24) is 0 Å². The first-order valence-corrected chi connectivity index (χ1v) is 9.09. The molecule has 0 saturated heterocycles. The number of hydrogen-bond donors (Lipinski definition) is 0. The summed E-state index contributed by atoms with van der Waals surface area (Å²) in [6.45, 7) is 0.277. The molecule has 2 heterocycles. The molecular weight excluding hydrogens is 365 g/mol. The third-order valence-corrected chi connectivity index (χ3v) is 4.69. The molecule has 0 N–H and O–H groups in total. The Balaban J connectivity index is 1.44. The zero-order chi connectivity index (χ0) is 18.6. The van der Waals surface area contributed by atoms with E-state index in [1.807, 2.05) is 29.6 Å². The summed E-state index contributed by atoms with van der Waals surface area (Å²) in [6.07, 6.45) is 1.67. The minimum absolute atomic E-state index is 0.256. The first-order valence-electron chi connectivity index (χ1n) is 8.21. The van der Waals surface area contributed by atoms with Crippen molar-refractivity contribution in [3.63, 3.8) is 0 Å². The Morgan fingerprint density at radius 3 is 2.70 bits per heavy atom. The Morgan fingerprint density at radius 1 is 1.11 bits per heavy atom. The van der Waals surface area contributed by atoms with Gasteiger partial charge in [0.2, 0.25) is 5.90 Å². The maximum Gasteiger partial charge on any atom is 0.363 e. The van der Waals surface area contributed by atoms with Gasteiger partial charge in [-0.15, -0.1) is 11.3 Å². The van der Waals surface area contributed by atoms with Crippen LogP contribution in [0.4, 0.5) is 4.39 Å². The van der Waals surface area contributed by atoms with Gasteiger partial charge in [-0.25, -0.2) is 14.2 Å². The van der Waals surface area contributed by atoms with Gasteiger partial charge in [-0.3, -0.25) is 0 Å². The van der Waals surface area contributed by atoms with Gasteiger partial charge in [0, 0.05) is 0 Å². The Hall–Kier alpha value is -3.25. The molecule has 1 aromatic heterocycles. The molecule has 4 rings (SSSR count). The summed E-state index contributed by atoms with van der Waals surface area (Å²) in [6, 6.07) is 17.2. The van der Waals surface area contributed by atoms with Crippen molar-refractivity contribution in [2.75, 3.05) is 0 Å². The number of benzene rings is 2. The molecule has 2 aromatic carbocycles. The van der Waals surface area contributed by atoms with E-state index in [1.165, 1.54) is 23.5 Å². The van der Waals surface area contributed by atoms with E-state index < -0.39 is 5.97 Å². The molecule has 4 nitrogen and oxygen atoms in total. The maximum absolute atomic E-state index is 13.2. The van der Waals surface area contributed by atoms with E-state index in [9.17, 15) is 9.18 Å². The number of carbonyl (C=O) groups is 1. The Morgan fingerprint density at radius 2 is 1.96 bits per heavy atom. The van der Waals surface area contributed by atoms with Crippen molar-refractivity contribution in [3.8, 4) is 5.75 Å². The number of esters is 1. The van der Waals surface area contributed by atoms with Gasteiger partial charge in [0.15, 0.2) is 5.70 Å². The van der Waals surface area contributed by atoms with Gasteiger partial charge in [-0.2, -0.15) is 0 Å². The second kappa shape index (κ2) is 7.55. The van der Waals surface area contributed by atoms with E-state index in [1.54, 1.807) is 30.3 Å². The van der Waals surface area contributed by atoms with Gasteiger partial charge < -0.3 is 9.47 Å². The highest BCUT2D eigenvalue weighted by atomic mass is 32.1. The molecule has 6 heteroatoms. The van der Waals surface area contributed by atoms with Crippen molar-refractivity contribution < 1.29 is 18.7 Å². The predicted molar refractivity (Wildman–Crippen MR) is 102 cm³/mol. The number of carbonyl (C=O) groups excluding carboxylic acids is 1. The van der Waals surface area contributed by atoms with E-state index in [4.69, 9.17) is 9.47 Å². The monoisotopic (exact) mass is 379 g/mol. The Bertz CT molecular complexity index is 1020. The fourth-order valence-corrected chi connectivity index (χ4v) is 3.18.